The number of imide groups is 2. The van der Waals surface area contributed by atoms with Crippen LogP contribution in [0.2, 0.25) is 0 Å². The SMILES string of the molecule is CCN1C(=O)CC(N2CCN(C3CC(=O)N(CC)C3=O)CC2)C1=O. The van der Waals surface area contributed by atoms with E-state index >= 15 is 0 Å². The first-order valence-corrected chi connectivity index (χ1v) is 8.64. The number of carbonyl (C=O) groups is 4. The van der Waals surface area contributed by atoms with Gasteiger partial charge in [0, 0.05) is 39.3 Å². The molecule has 3 heterocycles. The van der Waals surface area contributed by atoms with Crippen LogP contribution in [0.3, 0.4) is 0 Å². The summed E-state index contributed by atoms with van der Waals surface area (Å²) in [6.07, 6.45) is 0.494. The summed E-state index contributed by atoms with van der Waals surface area (Å²) in [5.41, 5.74) is 0. The van der Waals surface area contributed by atoms with Gasteiger partial charge in [0.1, 0.15) is 0 Å². The molecule has 0 N–H and O–H groups in total. The van der Waals surface area contributed by atoms with E-state index in [1.54, 1.807) is 13.8 Å². The molecule has 0 spiro atoms. The highest BCUT2D eigenvalue weighted by Gasteiger charge is 2.45. The third kappa shape index (κ3) is 2.73. The Bertz CT molecular complexity index is 520. The molecular weight excluding hydrogens is 312 g/mol. The molecule has 24 heavy (non-hydrogen) atoms. The third-order valence-electron chi connectivity index (χ3n) is 5.30. The number of piperazine rings is 1. The van der Waals surface area contributed by atoms with Crippen molar-refractivity contribution in [1.82, 2.24) is 19.6 Å². The normalized spacial score (nSPS) is 30.1. The van der Waals surface area contributed by atoms with Crippen molar-refractivity contribution >= 4 is 23.6 Å². The highest BCUT2D eigenvalue weighted by molar-refractivity contribution is 6.06. The molecule has 0 aromatic heterocycles. The van der Waals surface area contributed by atoms with Gasteiger partial charge in [-0.2, -0.15) is 0 Å². The molecule has 0 aromatic carbocycles. The van der Waals surface area contributed by atoms with E-state index in [1.807, 2.05) is 9.80 Å². The first kappa shape index (κ1) is 17.0. The number of likely N-dealkylation sites (tertiary alicyclic amines) is 2. The number of hydrogen-bond acceptors (Lipinski definition) is 6. The van der Waals surface area contributed by atoms with Crippen LogP contribution >= 0.6 is 0 Å². The second-order valence-electron chi connectivity index (χ2n) is 6.46. The molecule has 0 saturated carbocycles. The van der Waals surface area contributed by atoms with Crippen molar-refractivity contribution in [2.75, 3.05) is 39.3 Å². The van der Waals surface area contributed by atoms with E-state index in [1.165, 1.54) is 9.80 Å². The monoisotopic (exact) mass is 336 g/mol. The van der Waals surface area contributed by atoms with Crippen molar-refractivity contribution < 1.29 is 19.2 Å². The highest BCUT2D eigenvalue weighted by atomic mass is 16.2. The van der Waals surface area contributed by atoms with Gasteiger partial charge in [0.2, 0.25) is 23.6 Å². The maximum absolute atomic E-state index is 12.3. The van der Waals surface area contributed by atoms with Gasteiger partial charge in [-0.15, -0.1) is 0 Å². The predicted octanol–water partition coefficient (Wildman–Crippen LogP) is -1.10. The molecule has 3 aliphatic rings. The largest absolute Gasteiger partial charge is 0.289 e. The van der Waals surface area contributed by atoms with E-state index in [0.717, 1.165) is 0 Å². The van der Waals surface area contributed by atoms with Gasteiger partial charge in [-0.1, -0.05) is 0 Å². The lowest BCUT2D eigenvalue weighted by Crippen LogP contribution is -2.56. The van der Waals surface area contributed by atoms with Crippen LogP contribution in [0, 0.1) is 0 Å². The van der Waals surface area contributed by atoms with Gasteiger partial charge < -0.3 is 0 Å². The van der Waals surface area contributed by atoms with Gasteiger partial charge in [-0.3, -0.25) is 38.8 Å². The van der Waals surface area contributed by atoms with Crippen LogP contribution in [0.1, 0.15) is 26.7 Å². The average Bonchev–Trinajstić information content (AvgIpc) is 3.03. The smallest absolute Gasteiger partial charge is 0.247 e. The summed E-state index contributed by atoms with van der Waals surface area (Å²) in [6.45, 7) is 6.96. The molecule has 0 bridgehead atoms. The summed E-state index contributed by atoms with van der Waals surface area (Å²) in [7, 11) is 0. The molecule has 2 atom stereocenters. The van der Waals surface area contributed by atoms with E-state index in [-0.39, 0.29) is 48.6 Å². The summed E-state index contributed by atoms with van der Waals surface area (Å²) in [6, 6.07) is -0.736. The Balaban J connectivity index is 1.59. The third-order valence-corrected chi connectivity index (χ3v) is 5.30. The standard InChI is InChI=1S/C16H24N4O4/c1-3-19-13(21)9-11(15(19)23)17-5-7-18(8-6-17)12-10-14(22)20(4-2)16(12)24/h11-12H,3-10H2,1-2H3. The molecule has 3 rings (SSSR count). The maximum atomic E-state index is 12.3. The number of amides is 4. The molecule has 132 valence electrons. The molecule has 3 aliphatic heterocycles. The van der Waals surface area contributed by atoms with Crippen molar-refractivity contribution in [3.63, 3.8) is 0 Å². The van der Waals surface area contributed by atoms with E-state index < -0.39 is 0 Å². The van der Waals surface area contributed by atoms with E-state index in [2.05, 4.69) is 0 Å². The van der Waals surface area contributed by atoms with Gasteiger partial charge >= 0.3 is 0 Å². The topological polar surface area (TPSA) is 81.2 Å². The lowest BCUT2D eigenvalue weighted by Gasteiger charge is -2.38. The summed E-state index contributed by atoms with van der Waals surface area (Å²) < 4.78 is 0. The number of likely N-dealkylation sites (N-methyl/N-ethyl adjacent to an activating group) is 2. The minimum Gasteiger partial charge on any atom is -0.289 e. The van der Waals surface area contributed by atoms with Crippen molar-refractivity contribution in [1.29, 1.82) is 0 Å². The molecule has 8 nitrogen and oxygen atoms in total. The number of carbonyl (C=O) groups excluding carboxylic acids is 4. The van der Waals surface area contributed by atoms with E-state index in [9.17, 15) is 19.2 Å². The summed E-state index contributed by atoms with van der Waals surface area (Å²) >= 11 is 0. The average molecular weight is 336 g/mol. The van der Waals surface area contributed by atoms with Gasteiger partial charge in [-0.05, 0) is 13.8 Å². The first-order valence-electron chi connectivity index (χ1n) is 8.64. The van der Waals surface area contributed by atoms with Crippen LogP contribution in [0.5, 0.6) is 0 Å². The molecule has 3 fully saturated rings. The van der Waals surface area contributed by atoms with E-state index in [0.29, 0.717) is 39.3 Å². The zero-order chi connectivity index (χ0) is 17.4. The van der Waals surface area contributed by atoms with Crippen molar-refractivity contribution in [2.45, 2.75) is 38.8 Å². The molecule has 2 unspecified atom stereocenters. The Labute approximate surface area is 141 Å². The quantitative estimate of drug-likeness (QED) is 0.606. The zero-order valence-corrected chi connectivity index (χ0v) is 14.2. The Morgan fingerprint density at radius 3 is 1.29 bits per heavy atom. The van der Waals surface area contributed by atoms with Gasteiger partial charge in [0.05, 0.1) is 24.9 Å². The van der Waals surface area contributed by atoms with Crippen LogP contribution in [0.15, 0.2) is 0 Å². The van der Waals surface area contributed by atoms with Crippen molar-refractivity contribution in [3.8, 4) is 0 Å². The summed E-state index contributed by atoms with van der Waals surface area (Å²) in [4.78, 5) is 55.0. The van der Waals surface area contributed by atoms with Crippen LogP contribution in [0.25, 0.3) is 0 Å². The zero-order valence-electron chi connectivity index (χ0n) is 14.2. The molecule has 3 saturated heterocycles. The molecule has 8 heteroatoms. The van der Waals surface area contributed by atoms with Crippen molar-refractivity contribution in [2.24, 2.45) is 0 Å². The first-order chi connectivity index (χ1) is 11.5. The van der Waals surface area contributed by atoms with Gasteiger partial charge in [-0.25, -0.2) is 0 Å². The minimum absolute atomic E-state index is 0.106. The number of nitrogens with zero attached hydrogens (tertiary/aromatic N) is 4. The Morgan fingerprint density at radius 1 is 0.708 bits per heavy atom. The molecule has 0 aromatic rings. The maximum Gasteiger partial charge on any atom is 0.247 e. The lowest BCUT2D eigenvalue weighted by atomic mass is 10.1. The molecular formula is C16H24N4O4. The van der Waals surface area contributed by atoms with Crippen molar-refractivity contribution in [3.05, 3.63) is 0 Å². The second kappa shape index (κ2) is 6.60. The molecule has 0 radical (unpaired) electrons. The fourth-order valence-corrected chi connectivity index (χ4v) is 3.93. The summed E-state index contributed by atoms with van der Waals surface area (Å²) in [5.74, 6) is -0.435. The molecule has 0 aliphatic carbocycles. The Hall–Kier alpha value is -1.80. The van der Waals surface area contributed by atoms with Crippen LogP contribution in [-0.2, 0) is 19.2 Å². The number of hydrogen-bond donors (Lipinski definition) is 0. The Kier molecular flexibility index (Phi) is 4.69. The summed E-state index contributed by atoms with van der Waals surface area (Å²) in [5, 5.41) is 0. The number of rotatable bonds is 4. The second-order valence-corrected chi connectivity index (χ2v) is 6.46. The lowest BCUT2D eigenvalue weighted by molar-refractivity contribution is -0.142. The van der Waals surface area contributed by atoms with Crippen LogP contribution in [-0.4, -0.2) is 94.6 Å². The minimum atomic E-state index is -0.368. The van der Waals surface area contributed by atoms with Crippen LogP contribution < -0.4 is 0 Å². The Morgan fingerprint density at radius 2 is 1.04 bits per heavy atom. The predicted molar refractivity (Wildman–Crippen MR) is 84.7 cm³/mol. The highest BCUT2D eigenvalue weighted by Crippen LogP contribution is 2.23. The van der Waals surface area contributed by atoms with Gasteiger partial charge in [0.15, 0.2) is 0 Å². The van der Waals surface area contributed by atoms with Gasteiger partial charge in [0.25, 0.3) is 0 Å². The molecule has 4 amide bonds. The van der Waals surface area contributed by atoms with Crippen LogP contribution in [0.4, 0.5) is 0 Å². The van der Waals surface area contributed by atoms with E-state index in [4.69, 9.17) is 0 Å². The fraction of sp³-hybridized carbons (Fsp3) is 0.750. The fourth-order valence-electron chi connectivity index (χ4n) is 3.93.